The van der Waals surface area contributed by atoms with Crippen LogP contribution in [0.15, 0.2) is 30.5 Å². The van der Waals surface area contributed by atoms with Gasteiger partial charge in [-0.3, -0.25) is 9.59 Å². The van der Waals surface area contributed by atoms with Gasteiger partial charge >= 0.3 is 6.18 Å². The van der Waals surface area contributed by atoms with Crippen molar-refractivity contribution in [2.75, 3.05) is 26.2 Å². The second-order valence-corrected chi connectivity index (χ2v) is 8.63. The third kappa shape index (κ3) is 5.04. The van der Waals surface area contributed by atoms with Crippen molar-refractivity contribution in [1.29, 1.82) is 0 Å². The van der Waals surface area contributed by atoms with E-state index in [0.29, 0.717) is 17.0 Å². The van der Waals surface area contributed by atoms with E-state index in [1.807, 2.05) is 0 Å². The van der Waals surface area contributed by atoms with Gasteiger partial charge in [0.25, 0.3) is 5.91 Å². The molecule has 2 amide bonds. The molecule has 2 fully saturated rings. The van der Waals surface area contributed by atoms with Crippen LogP contribution in [0.4, 0.5) is 17.6 Å². The zero-order valence-corrected chi connectivity index (χ0v) is 18.2. The SMILES string of the molecule is O=C(CCC1CCCC1)N1CCN(C(=O)c2cnn(-c3ccccc3F)c2C(F)(F)F)CC1. The third-order valence-corrected chi connectivity index (χ3v) is 6.51. The van der Waals surface area contributed by atoms with Crippen molar-refractivity contribution in [2.24, 2.45) is 5.92 Å². The number of rotatable bonds is 5. The lowest BCUT2D eigenvalue weighted by Crippen LogP contribution is -2.50. The number of nitrogens with zero attached hydrogens (tertiary/aromatic N) is 4. The summed E-state index contributed by atoms with van der Waals surface area (Å²) in [6.45, 7) is 0.822. The molecule has 1 aromatic carbocycles. The van der Waals surface area contributed by atoms with E-state index in [9.17, 15) is 27.2 Å². The van der Waals surface area contributed by atoms with Crippen LogP contribution in [0.2, 0.25) is 0 Å². The van der Waals surface area contributed by atoms with Crippen molar-refractivity contribution in [2.45, 2.75) is 44.7 Å². The molecule has 0 spiro atoms. The Hall–Kier alpha value is -2.91. The van der Waals surface area contributed by atoms with Crippen molar-refractivity contribution in [3.8, 4) is 5.69 Å². The van der Waals surface area contributed by atoms with E-state index in [1.54, 1.807) is 4.90 Å². The highest BCUT2D eigenvalue weighted by Crippen LogP contribution is 2.35. The van der Waals surface area contributed by atoms with Crippen LogP contribution in [-0.4, -0.2) is 57.6 Å². The Bertz CT molecular complexity index is 1010. The van der Waals surface area contributed by atoms with Gasteiger partial charge in [-0.1, -0.05) is 37.8 Å². The summed E-state index contributed by atoms with van der Waals surface area (Å²) in [4.78, 5) is 28.4. The predicted molar refractivity (Wildman–Crippen MR) is 112 cm³/mol. The monoisotopic (exact) mass is 466 g/mol. The molecule has 4 rings (SSSR count). The Kier molecular flexibility index (Phi) is 6.71. The quantitative estimate of drug-likeness (QED) is 0.618. The number of hydrogen-bond donors (Lipinski definition) is 0. The van der Waals surface area contributed by atoms with Crippen LogP contribution >= 0.6 is 0 Å². The molecule has 1 aliphatic heterocycles. The zero-order chi connectivity index (χ0) is 23.6. The fourth-order valence-electron chi connectivity index (χ4n) is 4.70. The Morgan fingerprint density at radius 1 is 1.00 bits per heavy atom. The van der Waals surface area contributed by atoms with Crippen molar-refractivity contribution >= 4 is 11.8 Å². The topological polar surface area (TPSA) is 58.4 Å². The van der Waals surface area contributed by atoms with E-state index < -0.39 is 29.2 Å². The predicted octanol–water partition coefficient (Wildman–Crippen LogP) is 4.29. The number of hydrogen-bond acceptors (Lipinski definition) is 3. The molecule has 1 saturated heterocycles. The van der Waals surface area contributed by atoms with Gasteiger partial charge in [0.05, 0.1) is 11.8 Å². The number of halogens is 4. The molecule has 0 atom stereocenters. The Balaban J connectivity index is 1.44. The molecule has 0 unspecified atom stereocenters. The summed E-state index contributed by atoms with van der Waals surface area (Å²) in [6, 6.07) is 4.95. The van der Waals surface area contributed by atoms with E-state index in [-0.39, 0.29) is 37.8 Å². The molecule has 2 heterocycles. The molecule has 1 saturated carbocycles. The number of aromatic nitrogens is 2. The smallest absolute Gasteiger partial charge is 0.339 e. The number of amides is 2. The standard InChI is InChI=1S/C23H26F4N4O2/c24-18-7-3-4-8-19(18)31-21(23(25,26)27)17(15-28-31)22(33)30-13-11-29(12-14-30)20(32)10-9-16-5-1-2-6-16/h3-4,7-8,15-16H,1-2,5-6,9-14H2. The fourth-order valence-corrected chi connectivity index (χ4v) is 4.70. The maximum absolute atomic E-state index is 14.1. The molecule has 0 N–H and O–H groups in total. The van der Waals surface area contributed by atoms with Crippen LogP contribution in [0.3, 0.4) is 0 Å². The molecule has 0 radical (unpaired) electrons. The van der Waals surface area contributed by atoms with Crippen LogP contribution in [0.5, 0.6) is 0 Å². The summed E-state index contributed by atoms with van der Waals surface area (Å²) < 4.78 is 56.1. The van der Waals surface area contributed by atoms with Crippen LogP contribution in [0.25, 0.3) is 5.69 Å². The summed E-state index contributed by atoms with van der Waals surface area (Å²) in [6.07, 6.45) is 2.00. The number of alkyl halides is 3. The molecule has 2 aromatic rings. The number of para-hydroxylation sites is 1. The maximum Gasteiger partial charge on any atom is 0.434 e. The molecule has 2 aliphatic rings. The number of piperazine rings is 1. The lowest BCUT2D eigenvalue weighted by Gasteiger charge is -2.35. The molecule has 6 nitrogen and oxygen atoms in total. The highest BCUT2D eigenvalue weighted by Gasteiger charge is 2.42. The normalized spacial score (nSPS) is 17.6. The summed E-state index contributed by atoms with van der Waals surface area (Å²) >= 11 is 0. The van der Waals surface area contributed by atoms with Gasteiger partial charge in [-0.05, 0) is 24.5 Å². The lowest BCUT2D eigenvalue weighted by atomic mass is 10.0. The highest BCUT2D eigenvalue weighted by atomic mass is 19.4. The first-order valence-corrected chi connectivity index (χ1v) is 11.2. The minimum absolute atomic E-state index is 0.0253. The maximum atomic E-state index is 14.1. The minimum Gasteiger partial charge on any atom is -0.339 e. The van der Waals surface area contributed by atoms with Gasteiger partial charge in [0.2, 0.25) is 5.91 Å². The average molecular weight is 466 g/mol. The van der Waals surface area contributed by atoms with Gasteiger partial charge in [0.1, 0.15) is 11.5 Å². The molecule has 33 heavy (non-hydrogen) atoms. The average Bonchev–Trinajstić information content (AvgIpc) is 3.47. The Morgan fingerprint density at radius 2 is 1.64 bits per heavy atom. The van der Waals surface area contributed by atoms with E-state index in [1.165, 1.54) is 35.9 Å². The van der Waals surface area contributed by atoms with Crippen molar-refractivity contribution < 1.29 is 27.2 Å². The van der Waals surface area contributed by atoms with E-state index in [0.717, 1.165) is 31.5 Å². The van der Waals surface area contributed by atoms with Gasteiger partial charge < -0.3 is 9.80 Å². The molecule has 1 aliphatic carbocycles. The van der Waals surface area contributed by atoms with Gasteiger partial charge in [0.15, 0.2) is 5.69 Å². The summed E-state index contributed by atoms with van der Waals surface area (Å²) in [5.41, 5.74) is -2.33. The molecule has 1 aromatic heterocycles. The van der Waals surface area contributed by atoms with Crippen LogP contribution in [0.1, 0.15) is 54.6 Å². The summed E-state index contributed by atoms with van der Waals surface area (Å²) in [5, 5.41) is 3.68. The van der Waals surface area contributed by atoms with Gasteiger partial charge in [0, 0.05) is 32.6 Å². The first-order chi connectivity index (χ1) is 15.8. The van der Waals surface area contributed by atoms with Crippen molar-refractivity contribution in [3.05, 3.63) is 47.5 Å². The molecule has 0 bridgehead atoms. The summed E-state index contributed by atoms with van der Waals surface area (Å²) in [5.74, 6) is -1.08. The first-order valence-electron chi connectivity index (χ1n) is 11.2. The van der Waals surface area contributed by atoms with Crippen molar-refractivity contribution in [3.63, 3.8) is 0 Å². The Morgan fingerprint density at radius 3 is 2.27 bits per heavy atom. The number of benzene rings is 1. The second-order valence-electron chi connectivity index (χ2n) is 8.63. The number of carbonyl (C=O) groups is 2. The van der Waals surface area contributed by atoms with E-state index >= 15 is 0 Å². The zero-order valence-electron chi connectivity index (χ0n) is 18.2. The lowest BCUT2D eigenvalue weighted by molar-refractivity contribution is -0.143. The van der Waals surface area contributed by atoms with E-state index in [2.05, 4.69) is 5.10 Å². The van der Waals surface area contributed by atoms with Crippen LogP contribution in [0, 0.1) is 11.7 Å². The minimum atomic E-state index is -4.91. The van der Waals surface area contributed by atoms with E-state index in [4.69, 9.17) is 0 Å². The third-order valence-electron chi connectivity index (χ3n) is 6.51. The summed E-state index contributed by atoms with van der Waals surface area (Å²) in [7, 11) is 0. The van der Waals surface area contributed by atoms with Gasteiger partial charge in [-0.25, -0.2) is 9.07 Å². The van der Waals surface area contributed by atoms with Gasteiger partial charge in [-0.2, -0.15) is 18.3 Å². The molecular formula is C23H26F4N4O2. The molecule has 10 heteroatoms. The fraction of sp³-hybridized carbons (Fsp3) is 0.522. The molecular weight excluding hydrogens is 440 g/mol. The highest BCUT2D eigenvalue weighted by molar-refractivity contribution is 5.95. The first kappa shape index (κ1) is 23.3. The van der Waals surface area contributed by atoms with Crippen LogP contribution in [-0.2, 0) is 11.0 Å². The number of carbonyl (C=O) groups excluding carboxylic acids is 2. The van der Waals surface area contributed by atoms with Crippen molar-refractivity contribution in [1.82, 2.24) is 19.6 Å². The van der Waals surface area contributed by atoms with Crippen LogP contribution < -0.4 is 0 Å². The van der Waals surface area contributed by atoms with Gasteiger partial charge in [-0.15, -0.1) is 0 Å². The second kappa shape index (κ2) is 9.52. The molecule has 178 valence electrons. The largest absolute Gasteiger partial charge is 0.434 e. The Labute approximate surface area is 189 Å².